The highest BCUT2D eigenvalue weighted by Crippen LogP contribution is 2.46. The number of aromatic nitrogens is 2. The number of halogens is 1. The van der Waals surface area contributed by atoms with Crippen molar-refractivity contribution < 1.29 is 13.9 Å². The van der Waals surface area contributed by atoms with Gasteiger partial charge >= 0.3 is 0 Å². The van der Waals surface area contributed by atoms with Crippen molar-refractivity contribution in [2.75, 3.05) is 32.8 Å². The summed E-state index contributed by atoms with van der Waals surface area (Å²) in [5.74, 6) is 0.743. The molecule has 1 aromatic heterocycles. The Balaban J connectivity index is 1.39. The fourth-order valence-electron chi connectivity index (χ4n) is 5.40. The number of carbonyl (C=O) groups excluding carboxylic acids is 1. The molecule has 3 aliphatic rings. The number of amides is 1. The van der Waals surface area contributed by atoms with Crippen LogP contribution in [0.4, 0.5) is 4.39 Å². The molecule has 1 aromatic carbocycles. The normalized spacial score (nSPS) is 28.0. The van der Waals surface area contributed by atoms with Gasteiger partial charge in [0, 0.05) is 63.1 Å². The van der Waals surface area contributed by atoms with Gasteiger partial charge in [-0.05, 0) is 36.5 Å². The SMILES string of the molecule is O=C(C1CCOCC1)N1C[C@@H]2CN(Cc3cnc[nH]3)C[C@@H]2[C@H]1c1cccc(F)c1. The second kappa shape index (κ2) is 7.88. The second-order valence-electron chi connectivity index (χ2n) is 8.57. The first-order valence-corrected chi connectivity index (χ1v) is 10.5. The number of ether oxygens (including phenoxy) is 1. The minimum atomic E-state index is -0.239. The lowest BCUT2D eigenvalue weighted by molar-refractivity contribution is -0.140. The Bertz CT molecular complexity index is 852. The smallest absolute Gasteiger partial charge is 0.226 e. The molecule has 3 aliphatic heterocycles. The molecule has 4 heterocycles. The Morgan fingerprint density at radius 3 is 2.86 bits per heavy atom. The largest absolute Gasteiger partial charge is 0.381 e. The minimum Gasteiger partial charge on any atom is -0.381 e. The number of H-pyrrole nitrogens is 1. The van der Waals surface area contributed by atoms with Gasteiger partial charge in [0.25, 0.3) is 0 Å². The molecule has 154 valence electrons. The van der Waals surface area contributed by atoms with Gasteiger partial charge in [-0.3, -0.25) is 9.69 Å². The average Bonchev–Trinajstić information content (AvgIpc) is 3.45. The van der Waals surface area contributed by atoms with Crippen LogP contribution in [0.1, 0.15) is 30.1 Å². The van der Waals surface area contributed by atoms with Crippen molar-refractivity contribution in [3.05, 3.63) is 53.9 Å². The van der Waals surface area contributed by atoms with Crippen LogP contribution in [0, 0.1) is 23.6 Å². The molecule has 5 rings (SSSR count). The van der Waals surface area contributed by atoms with E-state index in [1.54, 1.807) is 18.5 Å². The Hall–Kier alpha value is -2.25. The number of benzene rings is 1. The number of fused-ring (bicyclic) bond motifs is 1. The molecule has 3 fully saturated rings. The maximum atomic E-state index is 14.0. The summed E-state index contributed by atoms with van der Waals surface area (Å²) in [4.78, 5) is 25.1. The first-order valence-electron chi connectivity index (χ1n) is 10.5. The Labute approximate surface area is 170 Å². The molecule has 1 amide bonds. The summed E-state index contributed by atoms with van der Waals surface area (Å²) in [6, 6.07) is 6.75. The number of aromatic amines is 1. The van der Waals surface area contributed by atoms with Crippen LogP contribution in [0.2, 0.25) is 0 Å². The molecule has 1 N–H and O–H groups in total. The number of hydrogen-bond acceptors (Lipinski definition) is 4. The Morgan fingerprint density at radius 1 is 1.24 bits per heavy atom. The van der Waals surface area contributed by atoms with Crippen LogP contribution in [0.5, 0.6) is 0 Å². The zero-order chi connectivity index (χ0) is 19.8. The topological polar surface area (TPSA) is 61.5 Å². The molecule has 7 heteroatoms. The van der Waals surface area contributed by atoms with Crippen LogP contribution in [0.25, 0.3) is 0 Å². The molecule has 0 spiro atoms. The van der Waals surface area contributed by atoms with Gasteiger partial charge in [0.15, 0.2) is 0 Å². The lowest BCUT2D eigenvalue weighted by atomic mass is 9.89. The van der Waals surface area contributed by atoms with Crippen molar-refractivity contribution in [3.8, 4) is 0 Å². The van der Waals surface area contributed by atoms with Gasteiger partial charge in [0.2, 0.25) is 5.91 Å². The van der Waals surface area contributed by atoms with Gasteiger partial charge in [0.05, 0.1) is 12.4 Å². The number of likely N-dealkylation sites (tertiary alicyclic amines) is 2. The molecular weight excluding hydrogens is 371 g/mol. The molecule has 0 radical (unpaired) electrons. The van der Waals surface area contributed by atoms with Gasteiger partial charge in [-0.15, -0.1) is 0 Å². The summed E-state index contributed by atoms with van der Waals surface area (Å²) >= 11 is 0. The van der Waals surface area contributed by atoms with E-state index in [1.807, 2.05) is 17.2 Å². The summed E-state index contributed by atoms with van der Waals surface area (Å²) in [5, 5.41) is 0. The third-order valence-electron chi connectivity index (χ3n) is 6.73. The lowest BCUT2D eigenvalue weighted by Crippen LogP contribution is -2.40. The molecule has 0 saturated carbocycles. The first-order chi connectivity index (χ1) is 14.2. The van der Waals surface area contributed by atoms with Crippen molar-refractivity contribution >= 4 is 5.91 Å². The summed E-state index contributed by atoms with van der Waals surface area (Å²) < 4.78 is 19.5. The van der Waals surface area contributed by atoms with E-state index in [0.717, 1.165) is 50.3 Å². The Morgan fingerprint density at radius 2 is 2.10 bits per heavy atom. The fraction of sp³-hybridized carbons (Fsp3) is 0.545. The van der Waals surface area contributed by atoms with E-state index in [1.165, 1.54) is 6.07 Å². The Kier molecular flexibility index (Phi) is 5.09. The predicted octanol–water partition coefficient (Wildman–Crippen LogP) is 2.61. The third-order valence-corrected chi connectivity index (χ3v) is 6.73. The molecule has 2 aromatic rings. The molecule has 0 bridgehead atoms. The molecule has 3 saturated heterocycles. The highest BCUT2D eigenvalue weighted by Gasteiger charge is 2.50. The van der Waals surface area contributed by atoms with Crippen LogP contribution in [0.15, 0.2) is 36.8 Å². The lowest BCUT2D eigenvalue weighted by Gasteiger charge is -2.33. The van der Waals surface area contributed by atoms with Gasteiger partial charge in [-0.25, -0.2) is 9.37 Å². The highest BCUT2D eigenvalue weighted by molar-refractivity contribution is 5.80. The van der Waals surface area contributed by atoms with Gasteiger partial charge in [0.1, 0.15) is 5.82 Å². The molecular formula is C22H27FN4O2. The number of carbonyl (C=O) groups is 1. The maximum absolute atomic E-state index is 14.0. The zero-order valence-corrected chi connectivity index (χ0v) is 16.5. The number of nitrogens with one attached hydrogen (secondary N) is 1. The van der Waals surface area contributed by atoms with Gasteiger partial charge in [-0.1, -0.05) is 12.1 Å². The van der Waals surface area contributed by atoms with Crippen molar-refractivity contribution in [3.63, 3.8) is 0 Å². The first kappa shape index (κ1) is 18.8. The van der Waals surface area contributed by atoms with E-state index in [9.17, 15) is 9.18 Å². The van der Waals surface area contributed by atoms with Crippen LogP contribution in [-0.2, 0) is 16.1 Å². The summed E-state index contributed by atoms with van der Waals surface area (Å²) in [6.45, 7) is 4.74. The molecule has 0 aliphatic carbocycles. The predicted molar refractivity (Wildman–Crippen MR) is 105 cm³/mol. The number of hydrogen-bond donors (Lipinski definition) is 1. The molecule has 6 nitrogen and oxygen atoms in total. The monoisotopic (exact) mass is 398 g/mol. The second-order valence-corrected chi connectivity index (χ2v) is 8.57. The van der Waals surface area contributed by atoms with Crippen LogP contribution in [-0.4, -0.2) is 58.5 Å². The van der Waals surface area contributed by atoms with E-state index in [4.69, 9.17) is 4.74 Å². The van der Waals surface area contributed by atoms with Crippen LogP contribution < -0.4 is 0 Å². The van der Waals surface area contributed by atoms with E-state index < -0.39 is 0 Å². The third kappa shape index (κ3) is 3.69. The molecule has 3 atom stereocenters. The number of imidazole rings is 1. The minimum absolute atomic E-state index is 0.0275. The standard InChI is InChI=1S/C22H27FN4O2/c23-18-3-1-2-16(8-18)21-20-13-26(12-19-9-24-14-25-19)10-17(20)11-27(21)22(28)15-4-6-29-7-5-15/h1-3,8-9,14-15,17,20-21H,4-7,10-13H2,(H,24,25)/t17-,20-,21+/m0/s1. The van der Waals surface area contributed by atoms with Crippen molar-refractivity contribution in [1.29, 1.82) is 0 Å². The zero-order valence-electron chi connectivity index (χ0n) is 16.5. The summed E-state index contributed by atoms with van der Waals surface area (Å²) in [5.41, 5.74) is 2.02. The molecule has 0 unspecified atom stereocenters. The van der Waals surface area contributed by atoms with Crippen molar-refractivity contribution in [2.45, 2.75) is 25.4 Å². The van der Waals surface area contributed by atoms with E-state index in [2.05, 4.69) is 14.9 Å². The van der Waals surface area contributed by atoms with E-state index >= 15 is 0 Å². The van der Waals surface area contributed by atoms with Crippen LogP contribution >= 0.6 is 0 Å². The van der Waals surface area contributed by atoms with E-state index in [0.29, 0.717) is 25.0 Å². The number of rotatable bonds is 4. The highest BCUT2D eigenvalue weighted by atomic mass is 19.1. The maximum Gasteiger partial charge on any atom is 0.226 e. The summed E-state index contributed by atoms with van der Waals surface area (Å²) in [7, 11) is 0. The van der Waals surface area contributed by atoms with Crippen molar-refractivity contribution in [1.82, 2.24) is 19.8 Å². The quantitative estimate of drug-likeness (QED) is 0.860. The van der Waals surface area contributed by atoms with Gasteiger partial charge < -0.3 is 14.6 Å². The number of nitrogens with zero attached hydrogens (tertiary/aromatic N) is 3. The van der Waals surface area contributed by atoms with Crippen LogP contribution in [0.3, 0.4) is 0 Å². The fourth-order valence-corrected chi connectivity index (χ4v) is 5.40. The summed E-state index contributed by atoms with van der Waals surface area (Å²) in [6.07, 6.45) is 5.13. The molecule has 29 heavy (non-hydrogen) atoms. The van der Waals surface area contributed by atoms with Crippen molar-refractivity contribution in [2.24, 2.45) is 17.8 Å². The average molecular weight is 398 g/mol. The van der Waals surface area contributed by atoms with E-state index in [-0.39, 0.29) is 23.7 Å². The van der Waals surface area contributed by atoms with Gasteiger partial charge in [-0.2, -0.15) is 0 Å².